The van der Waals surface area contributed by atoms with Gasteiger partial charge in [-0.1, -0.05) is 6.92 Å². The molecule has 0 amide bonds. The summed E-state index contributed by atoms with van der Waals surface area (Å²) in [6.45, 7) is 5.67. The Morgan fingerprint density at radius 3 is 2.41 bits per heavy atom. The van der Waals surface area contributed by atoms with Crippen molar-refractivity contribution in [2.45, 2.75) is 32.6 Å². The monoisotopic (exact) mass is 260 g/mol. The summed E-state index contributed by atoms with van der Waals surface area (Å²) in [6, 6.07) is 0. The maximum absolute atomic E-state index is 11.9. The summed E-state index contributed by atoms with van der Waals surface area (Å²) in [5.74, 6) is 1.83. The minimum atomic E-state index is -2.96. The van der Waals surface area contributed by atoms with Gasteiger partial charge in [-0.15, -0.1) is 0 Å². The van der Waals surface area contributed by atoms with E-state index in [1.165, 1.54) is 6.42 Å². The topological polar surface area (TPSA) is 49.4 Å². The van der Waals surface area contributed by atoms with Gasteiger partial charge in [0.1, 0.15) is 0 Å². The van der Waals surface area contributed by atoms with Crippen LogP contribution in [0.2, 0.25) is 0 Å². The van der Waals surface area contributed by atoms with Crippen LogP contribution < -0.4 is 5.32 Å². The van der Waals surface area contributed by atoms with Crippen LogP contribution in [0.4, 0.5) is 0 Å². The van der Waals surface area contributed by atoms with Crippen molar-refractivity contribution in [1.82, 2.24) is 9.62 Å². The van der Waals surface area contributed by atoms with E-state index in [1.54, 1.807) is 4.31 Å². The first-order chi connectivity index (χ1) is 8.13. The predicted molar refractivity (Wildman–Crippen MR) is 69.4 cm³/mol. The second-order valence-corrected chi connectivity index (χ2v) is 7.39. The highest BCUT2D eigenvalue weighted by Crippen LogP contribution is 2.29. The summed E-state index contributed by atoms with van der Waals surface area (Å²) in [7, 11) is -2.96. The first kappa shape index (κ1) is 13.3. The van der Waals surface area contributed by atoms with Gasteiger partial charge in [-0.05, 0) is 50.6 Å². The van der Waals surface area contributed by atoms with Crippen molar-refractivity contribution >= 4 is 10.0 Å². The van der Waals surface area contributed by atoms with E-state index < -0.39 is 10.0 Å². The molecule has 0 aliphatic carbocycles. The summed E-state index contributed by atoms with van der Waals surface area (Å²) in [5.41, 5.74) is 0. The molecule has 2 aliphatic rings. The molecule has 1 N–H and O–H groups in total. The number of nitrogens with zero attached hydrogens (tertiary/aromatic N) is 1. The van der Waals surface area contributed by atoms with Crippen LogP contribution in [0.15, 0.2) is 0 Å². The Balaban J connectivity index is 1.85. The number of hydrogen-bond donors (Lipinski definition) is 1. The average molecular weight is 260 g/mol. The maximum atomic E-state index is 11.9. The Morgan fingerprint density at radius 2 is 1.88 bits per heavy atom. The maximum Gasteiger partial charge on any atom is 0.214 e. The lowest BCUT2D eigenvalue weighted by Crippen LogP contribution is -2.41. The molecule has 0 spiro atoms. The lowest BCUT2D eigenvalue weighted by atomic mass is 9.84. The molecule has 1 atom stereocenters. The predicted octanol–water partition coefficient (Wildman–Crippen LogP) is 1.05. The summed E-state index contributed by atoms with van der Waals surface area (Å²) in [6.07, 6.45) is 4.09. The van der Waals surface area contributed by atoms with Crippen molar-refractivity contribution in [3.8, 4) is 0 Å². The van der Waals surface area contributed by atoms with Crippen LogP contribution in [0.25, 0.3) is 0 Å². The Labute approximate surface area is 105 Å². The minimum Gasteiger partial charge on any atom is -0.316 e. The molecule has 0 bridgehead atoms. The normalized spacial score (nSPS) is 28.6. The van der Waals surface area contributed by atoms with Gasteiger partial charge in [-0.3, -0.25) is 0 Å². The molecule has 2 rings (SSSR count). The van der Waals surface area contributed by atoms with E-state index in [0.717, 1.165) is 57.3 Å². The Morgan fingerprint density at radius 1 is 1.18 bits per heavy atom. The first-order valence-corrected chi connectivity index (χ1v) is 8.43. The number of hydrogen-bond acceptors (Lipinski definition) is 3. The smallest absolute Gasteiger partial charge is 0.214 e. The summed E-state index contributed by atoms with van der Waals surface area (Å²) in [5, 5.41) is 3.40. The van der Waals surface area contributed by atoms with Crippen LogP contribution in [-0.2, 0) is 10.0 Å². The van der Waals surface area contributed by atoms with Crippen LogP contribution in [0, 0.1) is 11.8 Å². The summed E-state index contributed by atoms with van der Waals surface area (Å²) in [4.78, 5) is 0. The lowest BCUT2D eigenvalue weighted by Gasteiger charge is -2.33. The van der Waals surface area contributed by atoms with Gasteiger partial charge in [0.15, 0.2) is 0 Å². The van der Waals surface area contributed by atoms with Gasteiger partial charge in [-0.25, -0.2) is 12.7 Å². The zero-order valence-electron chi connectivity index (χ0n) is 10.7. The fraction of sp³-hybridized carbons (Fsp3) is 1.00. The molecule has 2 heterocycles. The molecule has 2 fully saturated rings. The van der Waals surface area contributed by atoms with Crippen molar-refractivity contribution in [2.75, 3.05) is 31.9 Å². The van der Waals surface area contributed by atoms with Gasteiger partial charge in [-0.2, -0.15) is 0 Å². The van der Waals surface area contributed by atoms with E-state index in [2.05, 4.69) is 5.32 Å². The second-order valence-electron chi connectivity index (χ2n) is 5.31. The van der Waals surface area contributed by atoms with E-state index in [-0.39, 0.29) is 0 Å². The van der Waals surface area contributed by atoms with Gasteiger partial charge >= 0.3 is 0 Å². The van der Waals surface area contributed by atoms with Crippen LogP contribution in [0.3, 0.4) is 0 Å². The lowest BCUT2D eigenvalue weighted by molar-refractivity contribution is 0.216. The highest BCUT2D eigenvalue weighted by molar-refractivity contribution is 7.89. The van der Waals surface area contributed by atoms with Gasteiger partial charge in [0.05, 0.1) is 5.75 Å². The highest BCUT2D eigenvalue weighted by atomic mass is 32.2. The number of rotatable bonds is 4. The molecular weight excluding hydrogens is 236 g/mol. The van der Waals surface area contributed by atoms with Crippen LogP contribution in [0.1, 0.15) is 32.6 Å². The van der Waals surface area contributed by atoms with Gasteiger partial charge in [0, 0.05) is 13.1 Å². The Bertz CT molecular complexity index is 328. The Hall–Kier alpha value is -0.130. The van der Waals surface area contributed by atoms with Crippen molar-refractivity contribution in [1.29, 1.82) is 0 Å². The first-order valence-electron chi connectivity index (χ1n) is 6.82. The summed E-state index contributed by atoms with van der Waals surface area (Å²) >= 11 is 0. The molecule has 0 aromatic rings. The molecule has 1 unspecified atom stereocenters. The van der Waals surface area contributed by atoms with E-state index in [9.17, 15) is 8.42 Å². The third kappa shape index (κ3) is 3.20. The number of piperidine rings is 1. The fourth-order valence-corrected chi connectivity index (χ4v) is 4.63. The molecule has 0 aromatic carbocycles. The average Bonchev–Trinajstić information content (AvgIpc) is 2.82. The van der Waals surface area contributed by atoms with Gasteiger partial charge in [0.2, 0.25) is 10.0 Å². The van der Waals surface area contributed by atoms with E-state index in [0.29, 0.717) is 5.75 Å². The van der Waals surface area contributed by atoms with Crippen LogP contribution in [0.5, 0.6) is 0 Å². The molecule has 5 heteroatoms. The van der Waals surface area contributed by atoms with Crippen molar-refractivity contribution in [3.63, 3.8) is 0 Å². The highest BCUT2D eigenvalue weighted by Gasteiger charge is 2.32. The molecular formula is C12H24N2O2S. The molecule has 0 radical (unpaired) electrons. The third-order valence-corrected chi connectivity index (χ3v) is 6.20. The molecule has 2 aliphatic heterocycles. The van der Waals surface area contributed by atoms with Crippen LogP contribution in [-0.4, -0.2) is 44.7 Å². The quantitative estimate of drug-likeness (QED) is 0.822. The largest absolute Gasteiger partial charge is 0.316 e. The molecule has 2 saturated heterocycles. The van der Waals surface area contributed by atoms with Crippen LogP contribution >= 0.6 is 0 Å². The standard InChI is InChI=1S/C12H24N2O2S/c1-2-9-17(15,16)14-7-4-11(5-8-14)12-3-6-13-10-12/h11-13H,2-10H2,1H3. The summed E-state index contributed by atoms with van der Waals surface area (Å²) < 4.78 is 25.6. The zero-order chi connectivity index (χ0) is 12.3. The van der Waals surface area contributed by atoms with E-state index in [1.807, 2.05) is 6.92 Å². The fourth-order valence-electron chi connectivity index (χ4n) is 3.09. The van der Waals surface area contributed by atoms with E-state index >= 15 is 0 Å². The number of nitrogens with one attached hydrogen (secondary N) is 1. The molecule has 4 nitrogen and oxygen atoms in total. The van der Waals surface area contributed by atoms with Crippen molar-refractivity contribution < 1.29 is 8.42 Å². The zero-order valence-corrected chi connectivity index (χ0v) is 11.5. The molecule has 0 saturated carbocycles. The molecule has 0 aromatic heterocycles. The van der Waals surface area contributed by atoms with Gasteiger partial charge in [0.25, 0.3) is 0 Å². The SMILES string of the molecule is CCCS(=O)(=O)N1CCC(C2CCNC2)CC1. The third-order valence-electron chi connectivity index (χ3n) is 4.12. The van der Waals surface area contributed by atoms with E-state index in [4.69, 9.17) is 0 Å². The van der Waals surface area contributed by atoms with Crippen molar-refractivity contribution in [3.05, 3.63) is 0 Å². The number of sulfonamides is 1. The molecule has 17 heavy (non-hydrogen) atoms. The molecule has 100 valence electrons. The van der Waals surface area contributed by atoms with Gasteiger partial charge < -0.3 is 5.32 Å². The second kappa shape index (κ2) is 5.67. The van der Waals surface area contributed by atoms with Crippen molar-refractivity contribution in [2.24, 2.45) is 11.8 Å². The Kier molecular flexibility index (Phi) is 4.44. The minimum absolute atomic E-state index is 0.308.